The third-order valence-electron chi connectivity index (χ3n) is 4.56. The van der Waals surface area contributed by atoms with Crippen molar-refractivity contribution in [3.63, 3.8) is 0 Å². The van der Waals surface area contributed by atoms with Crippen LogP contribution in [0.3, 0.4) is 0 Å². The molecule has 1 amide bonds. The number of para-hydroxylation sites is 1. The molecule has 0 unspecified atom stereocenters. The highest BCUT2D eigenvalue weighted by Crippen LogP contribution is 2.35. The van der Waals surface area contributed by atoms with E-state index in [1.165, 1.54) is 16.5 Å². The summed E-state index contributed by atoms with van der Waals surface area (Å²) in [7, 11) is 0. The summed E-state index contributed by atoms with van der Waals surface area (Å²) in [6.45, 7) is 1.77. The van der Waals surface area contributed by atoms with Crippen LogP contribution in [0.2, 0.25) is 0 Å². The van der Waals surface area contributed by atoms with Crippen molar-refractivity contribution in [2.75, 3.05) is 5.32 Å². The van der Waals surface area contributed by atoms with Crippen LogP contribution < -0.4 is 10.1 Å². The van der Waals surface area contributed by atoms with Crippen LogP contribution in [0, 0.1) is 0 Å². The molecule has 0 heterocycles. The number of anilines is 1. The van der Waals surface area contributed by atoms with E-state index in [-0.39, 0.29) is 5.91 Å². The predicted octanol–water partition coefficient (Wildman–Crippen LogP) is 4.34. The van der Waals surface area contributed by atoms with Crippen LogP contribution in [-0.4, -0.2) is 12.0 Å². The second kappa shape index (κ2) is 6.00. The number of benzene rings is 3. The smallest absolute Gasteiger partial charge is 0.265 e. The molecule has 3 nitrogen and oxygen atoms in total. The van der Waals surface area contributed by atoms with Gasteiger partial charge in [-0.2, -0.15) is 0 Å². The van der Waals surface area contributed by atoms with E-state index >= 15 is 0 Å². The number of ether oxygens (including phenoxy) is 1. The summed E-state index contributed by atoms with van der Waals surface area (Å²) < 4.78 is 5.71. The Kier molecular flexibility index (Phi) is 3.69. The van der Waals surface area contributed by atoms with Crippen LogP contribution in [0.25, 0.3) is 10.8 Å². The average molecular weight is 317 g/mol. The van der Waals surface area contributed by atoms with E-state index in [1.54, 1.807) is 6.92 Å². The summed E-state index contributed by atoms with van der Waals surface area (Å²) in [5.74, 6) is 0.554. The lowest BCUT2D eigenvalue weighted by atomic mass is 10.0. The highest BCUT2D eigenvalue weighted by atomic mass is 16.5. The molecular formula is C21H19NO2. The molecule has 3 heteroatoms. The standard InChI is InChI=1S/C21H19NO2/c1-14(24-17-7-3-2-4-8-17)21(23)22-19-13-12-16-11-10-15-6-5-9-18(19)20(15)16/h2-9,12-14H,10-11H2,1H3,(H,22,23)/t14-/m0/s1. The zero-order chi connectivity index (χ0) is 16.5. The van der Waals surface area contributed by atoms with E-state index in [9.17, 15) is 4.79 Å². The number of carbonyl (C=O) groups excluding carboxylic acids is 1. The number of amides is 1. The minimum absolute atomic E-state index is 0.141. The van der Waals surface area contributed by atoms with Gasteiger partial charge in [-0.05, 0) is 54.5 Å². The Labute approximate surface area is 141 Å². The molecule has 0 aliphatic heterocycles. The van der Waals surface area contributed by atoms with Crippen molar-refractivity contribution >= 4 is 22.4 Å². The molecule has 120 valence electrons. The summed E-state index contributed by atoms with van der Waals surface area (Å²) in [6, 6.07) is 19.8. The highest BCUT2D eigenvalue weighted by molar-refractivity contribution is 6.06. The van der Waals surface area contributed by atoms with E-state index in [1.807, 2.05) is 36.4 Å². The molecule has 1 aliphatic carbocycles. The molecule has 1 aliphatic rings. The molecule has 3 aromatic rings. The number of carbonyl (C=O) groups is 1. The summed E-state index contributed by atoms with van der Waals surface area (Å²) >= 11 is 0. The van der Waals surface area contributed by atoms with E-state index in [4.69, 9.17) is 4.74 Å². The van der Waals surface area contributed by atoms with Gasteiger partial charge in [0.15, 0.2) is 6.10 Å². The van der Waals surface area contributed by atoms with E-state index in [0.717, 1.165) is 23.9 Å². The van der Waals surface area contributed by atoms with Crippen molar-refractivity contribution in [1.82, 2.24) is 0 Å². The molecule has 0 fully saturated rings. The highest BCUT2D eigenvalue weighted by Gasteiger charge is 2.19. The minimum atomic E-state index is -0.560. The van der Waals surface area contributed by atoms with Gasteiger partial charge in [0, 0.05) is 11.1 Å². The van der Waals surface area contributed by atoms with Gasteiger partial charge in [0.05, 0.1) is 0 Å². The molecule has 0 aromatic heterocycles. The van der Waals surface area contributed by atoms with E-state index in [0.29, 0.717) is 5.75 Å². The molecule has 4 rings (SSSR count). The summed E-state index contributed by atoms with van der Waals surface area (Å²) in [5, 5.41) is 5.43. The SMILES string of the molecule is C[C@H](Oc1ccccc1)C(=O)Nc1ccc2c3c(cccc13)CC2. The first-order valence-electron chi connectivity index (χ1n) is 8.28. The van der Waals surface area contributed by atoms with Crippen molar-refractivity contribution in [3.8, 4) is 5.75 Å². The van der Waals surface area contributed by atoms with Gasteiger partial charge in [0.25, 0.3) is 5.91 Å². The lowest BCUT2D eigenvalue weighted by molar-refractivity contribution is -0.122. The van der Waals surface area contributed by atoms with Gasteiger partial charge in [0.1, 0.15) is 5.75 Å². The maximum atomic E-state index is 12.5. The number of nitrogens with one attached hydrogen (secondary N) is 1. The van der Waals surface area contributed by atoms with Gasteiger partial charge in [-0.1, -0.05) is 42.5 Å². The Morgan fingerprint density at radius 3 is 2.50 bits per heavy atom. The Morgan fingerprint density at radius 2 is 1.71 bits per heavy atom. The maximum absolute atomic E-state index is 12.5. The van der Waals surface area contributed by atoms with Gasteiger partial charge < -0.3 is 10.1 Å². The summed E-state index contributed by atoms with van der Waals surface area (Å²) in [6.07, 6.45) is 1.60. The first kappa shape index (κ1) is 14.8. The van der Waals surface area contributed by atoms with Crippen LogP contribution in [0.4, 0.5) is 5.69 Å². The fourth-order valence-electron chi connectivity index (χ4n) is 3.35. The predicted molar refractivity (Wildman–Crippen MR) is 96.5 cm³/mol. The molecule has 0 spiro atoms. The summed E-state index contributed by atoms with van der Waals surface area (Å²) in [4.78, 5) is 12.5. The molecule has 1 N–H and O–H groups in total. The van der Waals surface area contributed by atoms with Crippen LogP contribution in [0.5, 0.6) is 5.75 Å². The van der Waals surface area contributed by atoms with Crippen LogP contribution in [-0.2, 0) is 17.6 Å². The zero-order valence-electron chi connectivity index (χ0n) is 13.6. The molecular weight excluding hydrogens is 298 g/mol. The monoisotopic (exact) mass is 317 g/mol. The number of hydrogen-bond donors (Lipinski definition) is 1. The number of hydrogen-bond acceptors (Lipinski definition) is 2. The quantitative estimate of drug-likeness (QED) is 0.777. The van der Waals surface area contributed by atoms with Gasteiger partial charge in [0.2, 0.25) is 0 Å². The minimum Gasteiger partial charge on any atom is -0.481 e. The van der Waals surface area contributed by atoms with Crippen molar-refractivity contribution < 1.29 is 9.53 Å². The van der Waals surface area contributed by atoms with Gasteiger partial charge in [-0.15, -0.1) is 0 Å². The topological polar surface area (TPSA) is 38.3 Å². The fourth-order valence-corrected chi connectivity index (χ4v) is 3.35. The number of aryl methyl sites for hydroxylation is 2. The Morgan fingerprint density at radius 1 is 0.958 bits per heavy atom. The van der Waals surface area contributed by atoms with Gasteiger partial charge in [-0.25, -0.2) is 0 Å². The molecule has 24 heavy (non-hydrogen) atoms. The largest absolute Gasteiger partial charge is 0.481 e. The maximum Gasteiger partial charge on any atom is 0.265 e. The summed E-state index contributed by atoms with van der Waals surface area (Å²) in [5.41, 5.74) is 3.59. The Balaban J connectivity index is 1.57. The fraction of sp³-hybridized carbons (Fsp3) is 0.190. The Bertz CT molecular complexity index is 892. The third kappa shape index (κ3) is 2.62. The van der Waals surface area contributed by atoms with Gasteiger partial charge >= 0.3 is 0 Å². The zero-order valence-corrected chi connectivity index (χ0v) is 13.6. The lowest BCUT2D eigenvalue weighted by Gasteiger charge is -2.16. The molecule has 0 saturated heterocycles. The normalized spacial score (nSPS) is 13.7. The first-order chi connectivity index (χ1) is 11.7. The Hall–Kier alpha value is -2.81. The van der Waals surface area contributed by atoms with Crippen molar-refractivity contribution in [1.29, 1.82) is 0 Å². The van der Waals surface area contributed by atoms with Gasteiger partial charge in [-0.3, -0.25) is 4.79 Å². The van der Waals surface area contributed by atoms with E-state index < -0.39 is 6.10 Å². The van der Waals surface area contributed by atoms with Crippen molar-refractivity contribution in [3.05, 3.63) is 71.8 Å². The molecule has 0 saturated carbocycles. The van der Waals surface area contributed by atoms with Crippen molar-refractivity contribution in [2.45, 2.75) is 25.9 Å². The van der Waals surface area contributed by atoms with Crippen LogP contribution >= 0.6 is 0 Å². The van der Waals surface area contributed by atoms with E-state index in [2.05, 4.69) is 29.6 Å². The molecule has 3 aromatic carbocycles. The molecule has 0 bridgehead atoms. The second-order valence-electron chi connectivity index (χ2n) is 6.17. The average Bonchev–Trinajstić information content (AvgIpc) is 3.03. The first-order valence-corrected chi connectivity index (χ1v) is 8.28. The van der Waals surface area contributed by atoms with Crippen LogP contribution in [0.1, 0.15) is 18.1 Å². The van der Waals surface area contributed by atoms with Crippen molar-refractivity contribution in [2.24, 2.45) is 0 Å². The third-order valence-corrected chi connectivity index (χ3v) is 4.56. The molecule has 0 radical (unpaired) electrons. The van der Waals surface area contributed by atoms with Crippen LogP contribution in [0.15, 0.2) is 60.7 Å². The lowest BCUT2D eigenvalue weighted by Crippen LogP contribution is -2.30. The second-order valence-corrected chi connectivity index (χ2v) is 6.17. The number of rotatable bonds is 4. The molecule has 1 atom stereocenters.